The fourth-order valence-electron chi connectivity index (χ4n) is 10.4. The lowest BCUT2D eigenvalue weighted by Gasteiger charge is -2.40. The van der Waals surface area contributed by atoms with E-state index in [9.17, 15) is 23.6 Å². The molecule has 5 aromatic rings. The third-order valence-corrected chi connectivity index (χ3v) is 13.8. The highest BCUT2D eigenvalue weighted by Crippen LogP contribution is 2.54. The molecule has 6 aliphatic rings. The molecule has 6 fully saturated rings. The van der Waals surface area contributed by atoms with E-state index in [-0.39, 0.29) is 70.9 Å². The highest BCUT2D eigenvalue weighted by molar-refractivity contribution is 6.43. The zero-order valence-corrected chi connectivity index (χ0v) is 32.0. The van der Waals surface area contributed by atoms with E-state index in [1.54, 1.807) is 24.3 Å². The molecule has 4 bridgehead atoms. The third kappa shape index (κ3) is 5.41. The normalized spacial score (nSPS) is 25.4. The van der Waals surface area contributed by atoms with Crippen LogP contribution in [-0.2, 0) is 11.2 Å². The van der Waals surface area contributed by atoms with Gasteiger partial charge in [0.1, 0.15) is 5.52 Å². The van der Waals surface area contributed by atoms with Crippen LogP contribution in [0, 0.1) is 41.8 Å². The van der Waals surface area contributed by atoms with E-state index in [1.165, 1.54) is 6.07 Å². The highest BCUT2D eigenvalue weighted by atomic mass is 35.5. The molecule has 2 aromatic carbocycles. The van der Waals surface area contributed by atoms with Gasteiger partial charge in [0, 0.05) is 95.2 Å². The molecule has 7 heterocycles. The van der Waals surface area contributed by atoms with Crippen molar-refractivity contribution in [3.8, 4) is 17.2 Å². The van der Waals surface area contributed by atoms with Crippen LogP contribution in [0.3, 0.4) is 0 Å². The number of hydrogen-bond acceptors (Lipinski definition) is 6. The molecular formula is C42H38Cl2F3N7O2. The Labute approximate surface area is 330 Å². The summed E-state index contributed by atoms with van der Waals surface area (Å²) < 4.78 is 47.1. The Morgan fingerprint density at radius 2 is 1.91 bits per heavy atom. The minimum absolute atomic E-state index is 0.0261. The van der Waals surface area contributed by atoms with Crippen molar-refractivity contribution in [1.29, 1.82) is 5.26 Å². The minimum atomic E-state index is -2.94. The molecule has 14 heteroatoms. The Bertz CT molecular complexity index is 2570. The van der Waals surface area contributed by atoms with E-state index < -0.39 is 17.9 Å². The first-order valence-corrected chi connectivity index (χ1v) is 20.1. The van der Waals surface area contributed by atoms with E-state index in [4.69, 9.17) is 28.2 Å². The van der Waals surface area contributed by atoms with Crippen LogP contribution in [0.5, 0.6) is 0 Å². The maximum Gasteiger partial charge on any atom is 0.321 e. The SMILES string of the molecule is Cc1nc2c(F)c(-c3cccc(Cl)c3Cl)c(CCC#N)cc2c2c1cc([C@H]1[C@H]3C[C@H](CN(c4ccn(C(F)F)c(=O)c4)C3)N1C(=O)C1CC1)n2[C@H]1[C@H]2CN[C@@H]1C2. The Hall–Kier alpha value is -4.57. The van der Waals surface area contributed by atoms with E-state index in [2.05, 4.69) is 31.8 Å². The fourth-order valence-corrected chi connectivity index (χ4v) is 10.7. The van der Waals surface area contributed by atoms with Crippen molar-refractivity contribution >= 4 is 56.6 Å². The molecule has 56 heavy (non-hydrogen) atoms. The molecule has 2 saturated carbocycles. The van der Waals surface area contributed by atoms with Crippen molar-refractivity contribution in [3.05, 3.63) is 91.8 Å². The maximum absolute atomic E-state index is 17.3. The summed E-state index contributed by atoms with van der Waals surface area (Å²) in [5.41, 5.74) is 3.83. The maximum atomic E-state index is 17.3. The number of amides is 1. The number of likely N-dealkylation sites (tertiary alicyclic amines) is 1. The number of fused-ring (bicyclic) bond motifs is 6. The van der Waals surface area contributed by atoms with Crippen molar-refractivity contribution in [3.63, 3.8) is 0 Å². The summed E-state index contributed by atoms with van der Waals surface area (Å²) in [5.74, 6) is -0.132. The van der Waals surface area contributed by atoms with Gasteiger partial charge in [0.2, 0.25) is 5.91 Å². The van der Waals surface area contributed by atoms with Crippen LogP contribution in [0.2, 0.25) is 10.0 Å². The quantitative estimate of drug-likeness (QED) is 0.170. The van der Waals surface area contributed by atoms with Crippen LogP contribution in [0.1, 0.15) is 67.7 Å². The molecule has 0 unspecified atom stereocenters. The first-order valence-electron chi connectivity index (χ1n) is 19.3. The number of pyridine rings is 2. The summed E-state index contributed by atoms with van der Waals surface area (Å²) >= 11 is 13.1. The predicted octanol–water partition coefficient (Wildman–Crippen LogP) is 8.35. The Morgan fingerprint density at radius 3 is 2.61 bits per heavy atom. The minimum Gasteiger partial charge on any atom is -0.369 e. The second-order valence-electron chi connectivity index (χ2n) is 16.2. The Balaban J connectivity index is 1.19. The standard InChI is InChI=1S/C42H38Cl2F3N7O2/c1-20-28-16-32(39-24-12-26(53(39)41(56)21-7-8-21)19-51(18-24)25-9-11-52(42(46)47)33(55)15-25)54(38-23-14-31(38)49-17-23)40(28)29-13-22(4-3-10-48)34(36(45)37(29)50-20)27-5-2-6-30(43)35(27)44/h2,5-6,9,11,13,15-16,21,23-24,26,31,38-39,42,49H,3-4,7-8,12,14,17-19H2,1H3/t23-,24+,26-,31-,38+,39-/m1/s1. The van der Waals surface area contributed by atoms with Crippen LogP contribution < -0.4 is 15.8 Å². The Morgan fingerprint density at radius 1 is 1.09 bits per heavy atom. The number of halogens is 5. The molecule has 11 rings (SSSR count). The largest absolute Gasteiger partial charge is 0.369 e. The van der Waals surface area contributed by atoms with Crippen LogP contribution in [0.25, 0.3) is 32.9 Å². The molecule has 3 aromatic heterocycles. The summed E-state index contributed by atoms with van der Waals surface area (Å²) in [5, 5.41) is 15.4. The van der Waals surface area contributed by atoms with Crippen molar-refractivity contribution in [2.24, 2.45) is 17.8 Å². The number of carbonyl (C=O) groups excluding carboxylic acids is 1. The summed E-state index contributed by atoms with van der Waals surface area (Å²) in [7, 11) is 0. The third-order valence-electron chi connectivity index (χ3n) is 13.0. The number of benzene rings is 2. The first kappa shape index (κ1) is 35.8. The number of hydrogen-bond donors (Lipinski definition) is 1. The molecule has 9 nitrogen and oxygen atoms in total. The second-order valence-corrected chi connectivity index (χ2v) is 17.0. The lowest BCUT2D eigenvalue weighted by atomic mass is 9.79. The summed E-state index contributed by atoms with van der Waals surface area (Å²) in [6.07, 6.45) is 5.05. The number of piperidine rings is 1. The van der Waals surface area contributed by atoms with Gasteiger partial charge < -0.3 is 19.7 Å². The number of nitrogens with zero attached hydrogens (tertiary/aromatic N) is 6. The van der Waals surface area contributed by atoms with Crippen molar-refractivity contribution in [1.82, 2.24) is 24.3 Å². The summed E-state index contributed by atoms with van der Waals surface area (Å²) in [6.45, 7) is 0.817. The van der Waals surface area contributed by atoms with Gasteiger partial charge in [-0.25, -0.2) is 9.37 Å². The monoisotopic (exact) mass is 799 g/mol. The molecule has 288 valence electrons. The van der Waals surface area contributed by atoms with E-state index >= 15 is 4.39 Å². The molecule has 2 aliphatic carbocycles. The number of nitrogens with one attached hydrogen (secondary N) is 1. The zero-order valence-electron chi connectivity index (χ0n) is 30.5. The molecule has 0 radical (unpaired) electrons. The molecule has 6 atom stereocenters. The van der Waals surface area contributed by atoms with Gasteiger partial charge in [0.05, 0.1) is 39.8 Å². The average Bonchev–Trinajstić information content (AvgIpc) is 3.46. The molecule has 1 amide bonds. The predicted molar refractivity (Wildman–Crippen MR) is 209 cm³/mol. The molecule has 1 N–H and O–H groups in total. The van der Waals surface area contributed by atoms with Crippen LogP contribution in [0.15, 0.2) is 53.5 Å². The van der Waals surface area contributed by atoms with Gasteiger partial charge >= 0.3 is 6.55 Å². The van der Waals surface area contributed by atoms with E-state index in [0.29, 0.717) is 56.5 Å². The Kier molecular flexibility index (Phi) is 8.48. The number of anilines is 1. The van der Waals surface area contributed by atoms with Gasteiger partial charge in [0.15, 0.2) is 5.82 Å². The van der Waals surface area contributed by atoms with Crippen LogP contribution >= 0.6 is 23.2 Å². The molecular weight excluding hydrogens is 762 g/mol. The van der Waals surface area contributed by atoms with Crippen molar-refractivity contribution in [2.45, 2.75) is 76.2 Å². The van der Waals surface area contributed by atoms with E-state index in [1.807, 2.05) is 13.0 Å². The number of rotatable bonds is 8. The van der Waals surface area contributed by atoms with Gasteiger partial charge in [-0.2, -0.15) is 14.0 Å². The smallest absolute Gasteiger partial charge is 0.321 e. The average molecular weight is 801 g/mol. The lowest BCUT2D eigenvalue weighted by Crippen LogP contribution is -2.45. The topological polar surface area (TPSA) is 99.2 Å². The summed E-state index contributed by atoms with van der Waals surface area (Å²) in [4.78, 5) is 36.2. The van der Waals surface area contributed by atoms with Gasteiger partial charge in [0.25, 0.3) is 5.56 Å². The van der Waals surface area contributed by atoms with Gasteiger partial charge in [-0.1, -0.05) is 35.3 Å². The fraction of sp³-hybridized carbons (Fsp3) is 0.429. The van der Waals surface area contributed by atoms with Crippen molar-refractivity contribution in [2.75, 3.05) is 24.5 Å². The van der Waals surface area contributed by atoms with Crippen molar-refractivity contribution < 1.29 is 18.0 Å². The number of carbonyl (C=O) groups is 1. The first-order chi connectivity index (χ1) is 27.0. The van der Waals surface area contributed by atoms with Crippen LogP contribution in [-0.4, -0.2) is 56.6 Å². The van der Waals surface area contributed by atoms with Gasteiger partial charge in [-0.3, -0.25) is 14.2 Å². The van der Waals surface area contributed by atoms with E-state index in [0.717, 1.165) is 55.0 Å². The van der Waals surface area contributed by atoms with Crippen LogP contribution in [0.4, 0.5) is 18.9 Å². The summed E-state index contributed by atoms with van der Waals surface area (Å²) in [6, 6.07) is 14.1. The number of aryl methyl sites for hydroxylation is 2. The molecule has 4 saturated heterocycles. The van der Waals surface area contributed by atoms with Gasteiger partial charge in [-0.05, 0) is 74.8 Å². The zero-order chi connectivity index (χ0) is 38.7. The highest BCUT2D eigenvalue weighted by Gasteiger charge is 2.55. The van der Waals surface area contributed by atoms with Gasteiger partial charge in [-0.15, -0.1) is 0 Å². The number of nitriles is 1. The second kappa shape index (κ2) is 13.3. The molecule has 4 aliphatic heterocycles. The lowest BCUT2D eigenvalue weighted by molar-refractivity contribution is -0.135. The number of alkyl halides is 2. The molecule has 0 spiro atoms. The number of aromatic nitrogens is 3.